The van der Waals surface area contributed by atoms with Gasteiger partial charge in [0.05, 0.1) is 7.11 Å². The molecule has 5 nitrogen and oxygen atoms in total. The van der Waals surface area contributed by atoms with Gasteiger partial charge in [0.2, 0.25) is 0 Å². The summed E-state index contributed by atoms with van der Waals surface area (Å²) in [6.07, 6.45) is 6.74. The Morgan fingerprint density at radius 3 is 2.67 bits per heavy atom. The van der Waals surface area contributed by atoms with Crippen molar-refractivity contribution >= 4 is 11.8 Å². The molecular weight excluding hydrogens is 230 g/mol. The molecule has 0 aromatic carbocycles. The van der Waals surface area contributed by atoms with Gasteiger partial charge in [-0.3, -0.25) is 0 Å². The number of hydrogen-bond donors (Lipinski definition) is 1. The molecule has 0 bridgehead atoms. The number of hydrogen-bond acceptors (Lipinski definition) is 4. The van der Waals surface area contributed by atoms with Crippen molar-refractivity contribution < 1.29 is 9.53 Å². The van der Waals surface area contributed by atoms with E-state index in [2.05, 4.69) is 4.98 Å². The lowest BCUT2D eigenvalue weighted by Gasteiger charge is -2.25. The number of ether oxygens (including phenoxy) is 1. The summed E-state index contributed by atoms with van der Waals surface area (Å²) in [7, 11) is 1.35. The third-order valence-corrected chi connectivity index (χ3v) is 3.66. The highest BCUT2D eigenvalue weighted by atomic mass is 16.5. The fraction of sp³-hybridized carbons (Fsp3) is 0.692. The molecule has 5 heteroatoms. The molecule has 0 unspecified atom stereocenters. The Kier molecular flexibility index (Phi) is 3.89. The van der Waals surface area contributed by atoms with Gasteiger partial charge in [0.25, 0.3) is 0 Å². The Morgan fingerprint density at radius 2 is 2.11 bits per heavy atom. The van der Waals surface area contributed by atoms with E-state index in [1.807, 2.05) is 11.5 Å². The van der Waals surface area contributed by atoms with Crippen LogP contribution in [0, 0.1) is 0 Å². The predicted molar refractivity (Wildman–Crippen MR) is 69.5 cm³/mol. The van der Waals surface area contributed by atoms with Crippen molar-refractivity contribution in [3.8, 4) is 0 Å². The number of carbonyl (C=O) groups excluding carboxylic acids is 1. The highest BCUT2D eigenvalue weighted by Gasteiger charge is 2.25. The van der Waals surface area contributed by atoms with E-state index in [4.69, 9.17) is 10.5 Å². The van der Waals surface area contributed by atoms with E-state index in [1.165, 1.54) is 26.4 Å². The smallest absolute Gasteiger partial charge is 0.360 e. The summed E-state index contributed by atoms with van der Waals surface area (Å²) in [6.45, 7) is 2.03. The Hall–Kier alpha value is -1.52. The van der Waals surface area contributed by atoms with Crippen molar-refractivity contribution in [2.24, 2.45) is 0 Å². The zero-order valence-electron chi connectivity index (χ0n) is 11.1. The second kappa shape index (κ2) is 5.42. The molecule has 1 aromatic rings. The summed E-state index contributed by atoms with van der Waals surface area (Å²) in [5.41, 5.74) is 6.35. The molecule has 1 aliphatic rings. The quantitative estimate of drug-likeness (QED) is 0.837. The fourth-order valence-corrected chi connectivity index (χ4v) is 2.74. The Balaban J connectivity index is 2.38. The van der Waals surface area contributed by atoms with E-state index in [0.717, 1.165) is 25.1 Å². The molecule has 1 heterocycles. The number of aryl methyl sites for hydroxylation is 1. The van der Waals surface area contributed by atoms with Gasteiger partial charge in [-0.25, -0.2) is 9.78 Å². The predicted octanol–water partition coefficient (Wildman–Crippen LogP) is 2.32. The number of methoxy groups -OCH3 is 1. The summed E-state index contributed by atoms with van der Waals surface area (Å²) < 4.78 is 6.77. The Morgan fingerprint density at radius 1 is 1.44 bits per heavy atom. The van der Waals surface area contributed by atoms with E-state index in [0.29, 0.717) is 11.9 Å². The van der Waals surface area contributed by atoms with Gasteiger partial charge in [0, 0.05) is 12.5 Å². The molecule has 1 fully saturated rings. The minimum absolute atomic E-state index is 0.264. The van der Waals surface area contributed by atoms with E-state index in [9.17, 15) is 4.79 Å². The van der Waals surface area contributed by atoms with Gasteiger partial charge < -0.3 is 15.0 Å². The molecule has 0 saturated heterocycles. The molecule has 1 aromatic heterocycles. The van der Waals surface area contributed by atoms with E-state index in [-0.39, 0.29) is 5.69 Å². The number of aromatic nitrogens is 2. The monoisotopic (exact) mass is 251 g/mol. The van der Waals surface area contributed by atoms with Crippen LogP contribution in [0.25, 0.3) is 0 Å². The standard InChI is InChI=1S/C13H21N3O2/c1-3-10-15-11(13(17)18-2)12(14)16(10)9-7-5-4-6-8-9/h9H,3-8,14H2,1-2H3. The molecule has 100 valence electrons. The molecule has 0 atom stereocenters. The second-order valence-corrected chi connectivity index (χ2v) is 4.77. The second-order valence-electron chi connectivity index (χ2n) is 4.77. The third-order valence-electron chi connectivity index (χ3n) is 3.66. The number of anilines is 1. The number of nitrogen functional groups attached to an aromatic ring is 1. The maximum Gasteiger partial charge on any atom is 0.360 e. The molecule has 2 N–H and O–H groups in total. The maximum atomic E-state index is 11.6. The van der Waals surface area contributed by atoms with Crippen molar-refractivity contribution in [2.75, 3.05) is 12.8 Å². The maximum absolute atomic E-state index is 11.6. The molecule has 1 saturated carbocycles. The zero-order valence-corrected chi connectivity index (χ0v) is 11.1. The number of imidazole rings is 1. The molecule has 0 amide bonds. The van der Waals surface area contributed by atoms with Gasteiger partial charge in [0.1, 0.15) is 11.6 Å². The summed E-state index contributed by atoms with van der Waals surface area (Å²) in [6, 6.07) is 0.389. The van der Waals surface area contributed by atoms with Gasteiger partial charge >= 0.3 is 5.97 Å². The average Bonchev–Trinajstić information content (AvgIpc) is 2.75. The van der Waals surface area contributed by atoms with Crippen LogP contribution in [0.4, 0.5) is 5.82 Å². The van der Waals surface area contributed by atoms with E-state index < -0.39 is 5.97 Å². The first-order valence-corrected chi connectivity index (χ1v) is 6.63. The van der Waals surface area contributed by atoms with Crippen LogP contribution < -0.4 is 5.73 Å². The first-order chi connectivity index (χ1) is 8.69. The fourth-order valence-electron chi connectivity index (χ4n) is 2.74. The zero-order chi connectivity index (χ0) is 13.1. The van der Waals surface area contributed by atoms with Crippen molar-refractivity contribution in [2.45, 2.75) is 51.5 Å². The van der Waals surface area contributed by atoms with Crippen LogP contribution in [0.3, 0.4) is 0 Å². The molecule has 18 heavy (non-hydrogen) atoms. The molecule has 0 radical (unpaired) electrons. The summed E-state index contributed by atoms with van der Waals surface area (Å²) >= 11 is 0. The van der Waals surface area contributed by atoms with Crippen molar-refractivity contribution in [1.82, 2.24) is 9.55 Å². The molecular formula is C13H21N3O2. The summed E-state index contributed by atoms with van der Waals surface area (Å²) in [4.78, 5) is 16.0. The first-order valence-electron chi connectivity index (χ1n) is 6.63. The molecule has 0 aliphatic heterocycles. The van der Waals surface area contributed by atoms with E-state index in [1.54, 1.807) is 0 Å². The van der Waals surface area contributed by atoms with Crippen LogP contribution in [0.2, 0.25) is 0 Å². The average molecular weight is 251 g/mol. The number of nitrogens with two attached hydrogens (primary N) is 1. The molecule has 1 aliphatic carbocycles. The SMILES string of the molecule is CCc1nc(C(=O)OC)c(N)n1C1CCCCC1. The lowest BCUT2D eigenvalue weighted by molar-refractivity contribution is 0.0595. The largest absolute Gasteiger partial charge is 0.464 e. The summed E-state index contributed by atoms with van der Waals surface area (Å²) in [5.74, 6) is 0.905. The number of carbonyl (C=O) groups is 1. The van der Waals surface area contributed by atoms with Crippen molar-refractivity contribution in [1.29, 1.82) is 0 Å². The Labute approximate surface area is 107 Å². The number of nitrogens with zero attached hydrogens (tertiary/aromatic N) is 2. The lowest BCUT2D eigenvalue weighted by Crippen LogP contribution is -2.17. The molecule has 2 rings (SSSR count). The van der Waals surface area contributed by atoms with Crippen LogP contribution in [-0.2, 0) is 11.2 Å². The first kappa shape index (κ1) is 12.9. The van der Waals surface area contributed by atoms with Gasteiger partial charge in [-0.05, 0) is 12.8 Å². The Bertz CT molecular complexity index is 434. The van der Waals surface area contributed by atoms with E-state index >= 15 is 0 Å². The van der Waals surface area contributed by atoms with Crippen LogP contribution in [0.1, 0.15) is 61.4 Å². The topological polar surface area (TPSA) is 70.1 Å². The van der Waals surface area contributed by atoms with Crippen molar-refractivity contribution in [3.05, 3.63) is 11.5 Å². The van der Waals surface area contributed by atoms with Gasteiger partial charge in [-0.15, -0.1) is 0 Å². The minimum Gasteiger partial charge on any atom is -0.464 e. The minimum atomic E-state index is -0.447. The normalized spacial score (nSPS) is 16.8. The van der Waals surface area contributed by atoms with Gasteiger partial charge in [-0.1, -0.05) is 26.2 Å². The van der Waals surface area contributed by atoms with Crippen molar-refractivity contribution in [3.63, 3.8) is 0 Å². The lowest BCUT2D eigenvalue weighted by atomic mass is 9.95. The van der Waals surface area contributed by atoms with Gasteiger partial charge in [-0.2, -0.15) is 0 Å². The van der Waals surface area contributed by atoms with Crippen LogP contribution >= 0.6 is 0 Å². The van der Waals surface area contributed by atoms with Crippen LogP contribution in [-0.4, -0.2) is 22.6 Å². The number of rotatable bonds is 3. The summed E-state index contributed by atoms with van der Waals surface area (Å²) in [5, 5.41) is 0. The highest BCUT2D eigenvalue weighted by molar-refractivity contribution is 5.92. The molecule has 0 spiro atoms. The highest BCUT2D eigenvalue weighted by Crippen LogP contribution is 2.32. The van der Waals surface area contributed by atoms with Crippen LogP contribution in [0.15, 0.2) is 0 Å². The van der Waals surface area contributed by atoms with Crippen LogP contribution in [0.5, 0.6) is 0 Å². The third kappa shape index (κ3) is 2.21. The number of esters is 1. The van der Waals surface area contributed by atoms with Gasteiger partial charge in [0.15, 0.2) is 5.69 Å².